The van der Waals surface area contributed by atoms with Gasteiger partial charge in [0, 0.05) is 18.6 Å². The topological polar surface area (TPSA) is 15.3 Å². The highest BCUT2D eigenvalue weighted by Crippen LogP contribution is 2.30. The van der Waals surface area contributed by atoms with Crippen molar-refractivity contribution in [2.75, 3.05) is 19.6 Å². The van der Waals surface area contributed by atoms with Gasteiger partial charge in [0.1, 0.15) is 0 Å². The molecule has 2 rings (SSSR count). The first-order chi connectivity index (χ1) is 7.42. The highest BCUT2D eigenvalue weighted by Gasteiger charge is 2.33. The van der Waals surface area contributed by atoms with Crippen LogP contribution in [0.25, 0.3) is 0 Å². The molecule has 0 aromatic carbocycles. The molecule has 1 N–H and O–H groups in total. The maximum absolute atomic E-state index is 3.60. The zero-order valence-corrected chi connectivity index (χ0v) is 10.2. The van der Waals surface area contributed by atoms with Gasteiger partial charge in [0.05, 0.1) is 0 Å². The number of nitrogens with zero attached hydrogens (tertiary/aromatic N) is 1. The first kappa shape index (κ1) is 11.4. The number of rotatable bonds is 5. The zero-order chi connectivity index (χ0) is 10.5. The smallest absolute Gasteiger partial charge is 0.0223 e. The second-order valence-electron chi connectivity index (χ2n) is 5.18. The van der Waals surface area contributed by atoms with E-state index in [4.69, 9.17) is 0 Å². The molecule has 2 aliphatic rings. The van der Waals surface area contributed by atoms with Gasteiger partial charge in [-0.2, -0.15) is 0 Å². The first-order valence-electron chi connectivity index (χ1n) is 6.88. The highest BCUT2D eigenvalue weighted by molar-refractivity contribution is 4.90. The van der Waals surface area contributed by atoms with Gasteiger partial charge in [-0.25, -0.2) is 0 Å². The lowest BCUT2D eigenvalue weighted by Gasteiger charge is -2.31. The molecule has 1 atom stereocenters. The summed E-state index contributed by atoms with van der Waals surface area (Å²) in [5, 5.41) is 3.60. The summed E-state index contributed by atoms with van der Waals surface area (Å²) in [4.78, 5) is 2.81. The second kappa shape index (κ2) is 5.86. The minimum Gasteiger partial charge on any atom is -0.315 e. The van der Waals surface area contributed by atoms with Gasteiger partial charge < -0.3 is 5.32 Å². The minimum absolute atomic E-state index is 0.839. The van der Waals surface area contributed by atoms with Gasteiger partial charge in [0.25, 0.3) is 0 Å². The molecular weight excluding hydrogens is 184 g/mol. The normalized spacial score (nSPS) is 28.0. The third-order valence-electron chi connectivity index (χ3n) is 3.78. The summed E-state index contributed by atoms with van der Waals surface area (Å²) >= 11 is 0. The summed E-state index contributed by atoms with van der Waals surface area (Å²) in [6, 6.07) is 1.79. The van der Waals surface area contributed by atoms with Crippen LogP contribution in [-0.4, -0.2) is 36.6 Å². The number of hydrogen-bond donors (Lipinski definition) is 1. The predicted molar refractivity (Wildman–Crippen MR) is 65.1 cm³/mol. The van der Waals surface area contributed by atoms with Crippen LogP contribution in [-0.2, 0) is 0 Å². The molecule has 1 heterocycles. The van der Waals surface area contributed by atoms with Gasteiger partial charge in [-0.05, 0) is 45.2 Å². The van der Waals surface area contributed by atoms with Gasteiger partial charge in [0.15, 0.2) is 0 Å². The Morgan fingerprint density at radius 1 is 1.13 bits per heavy atom. The van der Waals surface area contributed by atoms with Crippen LogP contribution in [0.1, 0.15) is 51.9 Å². The van der Waals surface area contributed by atoms with Gasteiger partial charge in [-0.15, -0.1) is 0 Å². The van der Waals surface area contributed by atoms with Crippen LogP contribution in [0.3, 0.4) is 0 Å². The maximum Gasteiger partial charge on any atom is 0.0223 e. The molecule has 0 radical (unpaired) electrons. The lowest BCUT2D eigenvalue weighted by molar-refractivity contribution is 0.174. The van der Waals surface area contributed by atoms with Crippen molar-refractivity contribution in [1.29, 1.82) is 0 Å². The van der Waals surface area contributed by atoms with Crippen molar-refractivity contribution in [3.63, 3.8) is 0 Å². The Morgan fingerprint density at radius 3 is 2.73 bits per heavy atom. The summed E-state index contributed by atoms with van der Waals surface area (Å²) in [5.41, 5.74) is 0. The fourth-order valence-electron chi connectivity index (χ4n) is 2.69. The van der Waals surface area contributed by atoms with Crippen molar-refractivity contribution in [3.05, 3.63) is 0 Å². The third-order valence-corrected chi connectivity index (χ3v) is 3.78. The summed E-state index contributed by atoms with van der Waals surface area (Å²) in [5.74, 6) is 0. The molecule has 2 heteroatoms. The average Bonchev–Trinajstić information content (AvgIpc) is 3.05. The molecule has 0 amide bonds. The maximum atomic E-state index is 3.60. The van der Waals surface area contributed by atoms with Gasteiger partial charge in [-0.1, -0.05) is 19.8 Å². The van der Waals surface area contributed by atoms with E-state index in [2.05, 4.69) is 17.1 Å². The van der Waals surface area contributed by atoms with Crippen molar-refractivity contribution in [1.82, 2.24) is 10.2 Å². The van der Waals surface area contributed by atoms with E-state index in [9.17, 15) is 0 Å². The molecule has 1 unspecified atom stereocenters. The van der Waals surface area contributed by atoms with Crippen molar-refractivity contribution in [2.24, 2.45) is 0 Å². The van der Waals surface area contributed by atoms with Crippen LogP contribution < -0.4 is 5.32 Å². The quantitative estimate of drug-likeness (QED) is 0.749. The standard InChI is InChI=1S/C13H26N2/c1-2-3-10-15(12-7-8-12)13-6-4-5-9-14-11-13/h12-14H,2-11H2,1H3. The van der Waals surface area contributed by atoms with Crippen molar-refractivity contribution in [3.8, 4) is 0 Å². The number of nitrogens with one attached hydrogen (secondary N) is 1. The van der Waals surface area contributed by atoms with E-state index in [-0.39, 0.29) is 0 Å². The number of unbranched alkanes of at least 4 members (excludes halogenated alkanes) is 1. The fraction of sp³-hybridized carbons (Fsp3) is 1.00. The van der Waals surface area contributed by atoms with Crippen LogP contribution >= 0.6 is 0 Å². The molecule has 1 saturated carbocycles. The summed E-state index contributed by atoms with van der Waals surface area (Å²) < 4.78 is 0. The van der Waals surface area contributed by atoms with E-state index in [0.29, 0.717) is 0 Å². The molecule has 0 aromatic heterocycles. The average molecular weight is 210 g/mol. The molecule has 88 valence electrons. The molecule has 15 heavy (non-hydrogen) atoms. The number of hydrogen-bond acceptors (Lipinski definition) is 2. The van der Waals surface area contributed by atoms with Crippen LogP contribution in [0.15, 0.2) is 0 Å². The van der Waals surface area contributed by atoms with Crippen molar-refractivity contribution in [2.45, 2.75) is 64.0 Å². The lowest BCUT2D eigenvalue weighted by atomic mass is 10.1. The molecule has 2 nitrogen and oxygen atoms in total. The molecule has 1 aliphatic carbocycles. The predicted octanol–water partition coefficient (Wildman–Crippen LogP) is 2.39. The van der Waals surface area contributed by atoms with Gasteiger partial charge in [0.2, 0.25) is 0 Å². The Bertz CT molecular complexity index is 169. The van der Waals surface area contributed by atoms with E-state index in [1.165, 1.54) is 64.6 Å². The van der Waals surface area contributed by atoms with Gasteiger partial charge >= 0.3 is 0 Å². The van der Waals surface area contributed by atoms with E-state index in [0.717, 1.165) is 12.1 Å². The van der Waals surface area contributed by atoms with Crippen LogP contribution in [0.5, 0.6) is 0 Å². The summed E-state index contributed by atoms with van der Waals surface area (Å²) in [6.07, 6.45) is 9.86. The Kier molecular flexibility index (Phi) is 4.45. The fourth-order valence-corrected chi connectivity index (χ4v) is 2.69. The lowest BCUT2D eigenvalue weighted by Crippen LogP contribution is -2.43. The van der Waals surface area contributed by atoms with E-state index >= 15 is 0 Å². The highest BCUT2D eigenvalue weighted by atomic mass is 15.2. The monoisotopic (exact) mass is 210 g/mol. The molecule has 2 fully saturated rings. The van der Waals surface area contributed by atoms with E-state index < -0.39 is 0 Å². The molecular formula is C13H26N2. The summed E-state index contributed by atoms with van der Waals surface area (Å²) in [6.45, 7) is 6.12. The minimum atomic E-state index is 0.839. The molecule has 0 bridgehead atoms. The second-order valence-corrected chi connectivity index (χ2v) is 5.18. The van der Waals surface area contributed by atoms with Gasteiger partial charge in [-0.3, -0.25) is 4.90 Å². The Balaban J connectivity index is 1.83. The first-order valence-corrected chi connectivity index (χ1v) is 6.88. The largest absolute Gasteiger partial charge is 0.315 e. The molecule has 0 aromatic rings. The van der Waals surface area contributed by atoms with E-state index in [1.54, 1.807) is 0 Å². The van der Waals surface area contributed by atoms with Crippen LogP contribution in [0.4, 0.5) is 0 Å². The Hall–Kier alpha value is -0.0800. The Labute approximate surface area is 94.4 Å². The summed E-state index contributed by atoms with van der Waals surface area (Å²) in [7, 11) is 0. The van der Waals surface area contributed by atoms with Crippen molar-refractivity contribution >= 4 is 0 Å². The van der Waals surface area contributed by atoms with Crippen LogP contribution in [0, 0.1) is 0 Å². The molecule has 0 spiro atoms. The molecule has 1 saturated heterocycles. The van der Waals surface area contributed by atoms with Crippen LogP contribution in [0.2, 0.25) is 0 Å². The zero-order valence-electron chi connectivity index (χ0n) is 10.2. The van der Waals surface area contributed by atoms with Crippen molar-refractivity contribution < 1.29 is 0 Å². The SMILES string of the molecule is CCCCN(C1CC1)C1CCCCNC1. The Morgan fingerprint density at radius 2 is 2.00 bits per heavy atom. The third kappa shape index (κ3) is 3.46. The van der Waals surface area contributed by atoms with E-state index in [1.807, 2.05) is 0 Å². The molecule has 1 aliphatic heterocycles.